The fourth-order valence-electron chi connectivity index (χ4n) is 1.79. The Bertz CT molecular complexity index is 575. The van der Waals surface area contributed by atoms with Crippen molar-refractivity contribution in [2.24, 2.45) is 0 Å². The van der Waals surface area contributed by atoms with Gasteiger partial charge in [0.15, 0.2) is 6.61 Å². The highest BCUT2D eigenvalue weighted by Gasteiger charge is 2.34. The van der Waals surface area contributed by atoms with Crippen LogP contribution >= 0.6 is 34.8 Å². The largest absolute Gasteiger partial charge is 0.482 e. The zero-order chi connectivity index (χ0) is 15.6. The molecular formula is C13H12Cl3NO4. The number of carboxylic acids is 1. The van der Waals surface area contributed by atoms with Gasteiger partial charge in [-0.1, -0.05) is 34.8 Å². The first-order chi connectivity index (χ1) is 9.88. The molecule has 1 aromatic carbocycles. The smallest absolute Gasteiger partial charge is 0.323 e. The van der Waals surface area contributed by atoms with Gasteiger partial charge in [0.05, 0.1) is 15.1 Å². The predicted molar refractivity (Wildman–Crippen MR) is 79.3 cm³/mol. The second kappa shape index (κ2) is 6.73. The zero-order valence-corrected chi connectivity index (χ0v) is 13.1. The first kappa shape index (κ1) is 16.2. The molecule has 0 heterocycles. The van der Waals surface area contributed by atoms with Crippen LogP contribution in [-0.2, 0) is 9.59 Å². The predicted octanol–water partition coefficient (Wildman–Crippen LogP) is 3.10. The van der Waals surface area contributed by atoms with E-state index in [4.69, 9.17) is 44.6 Å². The normalized spacial score (nSPS) is 13.9. The summed E-state index contributed by atoms with van der Waals surface area (Å²) in [4.78, 5) is 24.1. The molecule has 1 fully saturated rings. The third-order valence-electron chi connectivity index (χ3n) is 2.94. The van der Waals surface area contributed by atoms with Crippen LogP contribution in [0.15, 0.2) is 12.1 Å². The molecule has 0 atom stereocenters. The lowest BCUT2D eigenvalue weighted by Crippen LogP contribution is -2.40. The number of halogens is 3. The van der Waals surface area contributed by atoms with Gasteiger partial charge < -0.3 is 14.7 Å². The van der Waals surface area contributed by atoms with Crippen molar-refractivity contribution in [2.45, 2.75) is 18.9 Å². The van der Waals surface area contributed by atoms with E-state index in [0.717, 1.165) is 12.8 Å². The molecule has 0 bridgehead atoms. The lowest BCUT2D eigenvalue weighted by atomic mass is 10.3. The number of carbonyl (C=O) groups is 2. The van der Waals surface area contributed by atoms with E-state index in [1.807, 2.05) is 0 Å². The highest BCUT2D eigenvalue weighted by molar-refractivity contribution is 6.43. The summed E-state index contributed by atoms with van der Waals surface area (Å²) < 4.78 is 5.32. The van der Waals surface area contributed by atoms with Crippen LogP contribution in [-0.4, -0.2) is 41.1 Å². The number of carboxylic acid groups (broad SMARTS) is 1. The lowest BCUT2D eigenvalue weighted by Gasteiger charge is -2.20. The average molecular weight is 353 g/mol. The molecule has 1 aliphatic rings. The van der Waals surface area contributed by atoms with E-state index < -0.39 is 11.9 Å². The molecule has 0 aliphatic heterocycles. The Hall–Kier alpha value is -1.17. The van der Waals surface area contributed by atoms with Gasteiger partial charge in [-0.05, 0) is 18.9 Å². The van der Waals surface area contributed by atoms with Gasteiger partial charge >= 0.3 is 5.97 Å². The summed E-state index contributed by atoms with van der Waals surface area (Å²) in [6, 6.07) is 2.82. The summed E-state index contributed by atoms with van der Waals surface area (Å²) in [5, 5.41) is 9.59. The number of ether oxygens (including phenoxy) is 1. The summed E-state index contributed by atoms with van der Waals surface area (Å²) in [6.45, 7) is -0.635. The average Bonchev–Trinajstić information content (AvgIpc) is 3.22. The molecule has 0 radical (unpaired) electrons. The third kappa shape index (κ3) is 4.40. The van der Waals surface area contributed by atoms with Crippen molar-refractivity contribution < 1.29 is 19.4 Å². The topological polar surface area (TPSA) is 66.8 Å². The molecule has 5 nitrogen and oxygen atoms in total. The van der Waals surface area contributed by atoms with E-state index in [1.165, 1.54) is 17.0 Å². The first-order valence-corrected chi connectivity index (χ1v) is 7.30. The van der Waals surface area contributed by atoms with E-state index in [-0.39, 0.29) is 40.0 Å². The summed E-state index contributed by atoms with van der Waals surface area (Å²) in [5.74, 6) is -1.23. The van der Waals surface area contributed by atoms with Gasteiger partial charge in [-0.3, -0.25) is 9.59 Å². The van der Waals surface area contributed by atoms with Gasteiger partial charge in [-0.15, -0.1) is 0 Å². The van der Waals surface area contributed by atoms with E-state index >= 15 is 0 Å². The van der Waals surface area contributed by atoms with Crippen LogP contribution < -0.4 is 4.74 Å². The fraction of sp³-hybridized carbons (Fsp3) is 0.385. The van der Waals surface area contributed by atoms with Crippen LogP contribution in [0.3, 0.4) is 0 Å². The number of rotatable bonds is 6. The summed E-state index contributed by atoms with van der Waals surface area (Å²) in [6.07, 6.45) is 1.62. The number of hydrogen-bond donors (Lipinski definition) is 1. The Kier molecular flexibility index (Phi) is 5.19. The second-order valence-electron chi connectivity index (χ2n) is 4.63. The van der Waals surface area contributed by atoms with Crippen molar-refractivity contribution in [3.05, 3.63) is 27.2 Å². The van der Waals surface area contributed by atoms with Gasteiger partial charge in [-0.25, -0.2) is 0 Å². The highest BCUT2D eigenvalue weighted by atomic mass is 35.5. The Morgan fingerprint density at radius 1 is 1.19 bits per heavy atom. The van der Waals surface area contributed by atoms with Crippen molar-refractivity contribution >= 4 is 46.7 Å². The molecule has 2 rings (SSSR count). The second-order valence-corrected chi connectivity index (χ2v) is 5.85. The van der Waals surface area contributed by atoms with Gasteiger partial charge in [0, 0.05) is 12.1 Å². The molecule has 1 aliphatic carbocycles. The van der Waals surface area contributed by atoms with Gasteiger partial charge in [0.2, 0.25) is 0 Å². The van der Waals surface area contributed by atoms with Crippen molar-refractivity contribution in [2.75, 3.05) is 13.2 Å². The molecule has 1 aromatic rings. The van der Waals surface area contributed by atoms with Gasteiger partial charge in [-0.2, -0.15) is 0 Å². The van der Waals surface area contributed by atoms with Crippen molar-refractivity contribution in [3.8, 4) is 5.75 Å². The van der Waals surface area contributed by atoms with Crippen LogP contribution in [0.25, 0.3) is 0 Å². The Morgan fingerprint density at radius 2 is 1.81 bits per heavy atom. The van der Waals surface area contributed by atoms with Crippen LogP contribution in [0, 0.1) is 0 Å². The molecule has 0 unspecified atom stereocenters. The maximum atomic E-state index is 12.0. The van der Waals surface area contributed by atoms with E-state index in [2.05, 4.69) is 0 Å². The number of amides is 1. The number of nitrogens with zero attached hydrogens (tertiary/aromatic N) is 1. The number of hydrogen-bond acceptors (Lipinski definition) is 3. The molecule has 1 saturated carbocycles. The van der Waals surface area contributed by atoms with Crippen LogP contribution in [0.4, 0.5) is 0 Å². The molecule has 114 valence electrons. The third-order valence-corrected chi connectivity index (χ3v) is 3.96. The van der Waals surface area contributed by atoms with E-state index in [1.54, 1.807) is 0 Å². The maximum Gasteiger partial charge on any atom is 0.323 e. The molecule has 1 amide bonds. The van der Waals surface area contributed by atoms with Crippen molar-refractivity contribution in [1.82, 2.24) is 4.90 Å². The highest BCUT2D eigenvalue weighted by Crippen LogP contribution is 2.34. The standard InChI is InChI=1S/C13H12Cl3NO4/c14-8-3-10(16)11(4-9(8)15)21-6-12(18)17(5-13(19)20)7-1-2-7/h3-4,7H,1-2,5-6H2,(H,19,20). The molecule has 0 aromatic heterocycles. The van der Waals surface area contributed by atoms with Crippen LogP contribution in [0.1, 0.15) is 12.8 Å². The number of carbonyl (C=O) groups excluding carboxylic acids is 1. The minimum absolute atomic E-state index is 0.0125. The fourth-order valence-corrected chi connectivity index (χ4v) is 2.38. The molecule has 0 spiro atoms. The Morgan fingerprint density at radius 3 is 2.38 bits per heavy atom. The van der Waals surface area contributed by atoms with Gasteiger partial charge in [0.25, 0.3) is 5.91 Å². The first-order valence-electron chi connectivity index (χ1n) is 6.17. The number of aliphatic carboxylic acids is 1. The van der Waals surface area contributed by atoms with E-state index in [0.29, 0.717) is 0 Å². The molecular weight excluding hydrogens is 341 g/mol. The number of benzene rings is 1. The molecule has 0 saturated heterocycles. The SMILES string of the molecule is O=C(O)CN(C(=O)COc1cc(Cl)c(Cl)cc1Cl)C1CC1. The maximum absolute atomic E-state index is 12.0. The Labute approximate surface area is 136 Å². The quantitative estimate of drug-likeness (QED) is 0.799. The monoisotopic (exact) mass is 351 g/mol. The van der Waals surface area contributed by atoms with Gasteiger partial charge in [0.1, 0.15) is 12.3 Å². The van der Waals surface area contributed by atoms with Crippen molar-refractivity contribution in [1.29, 1.82) is 0 Å². The minimum Gasteiger partial charge on any atom is -0.482 e. The summed E-state index contributed by atoms with van der Waals surface area (Å²) in [5.41, 5.74) is 0. The van der Waals surface area contributed by atoms with E-state index in [9.17, 15) is 9.59 Å². The summed E-state index contributed by atoms with van der Waals surface area (Å²) >= 11 is 17.6. The summed E-state index contributed by atoms with van der Waals surface area (Å²) in [7, 11) is 0. The zero-order valence-electron chi connectivity index (χ0n) is 10.8. The van der Waals surface area contributed by atoms with Crippen LogP contribution in [0.2, 0.25) is 15.1 Å². The Balaban J connectivity index is 1.99. The molecule has 8 heteroatoms. The molecule has 1 N–H and O–H groups in total. The minimum atomic E-state index is -1.05. The van der Waals surface area contributed by atoms with Crippen LogP contribution in [0.5, 0.6) is 5.75 Å². The lowest BCUT2D eigenvalue weighted by molar-refractivity contribution is -0.145. The van der Waals surface area contributed by atoms with Crippen molar-refractivity contribution in [3.63, 3.8) is 0 Å². The molecule has 21 heavy (non-hydrogen) atoms.